The number of thioether (sulfide) groups is 1. The summed E-state index contributed by atoms with van der Waals surface area (Å²) in [7, 11) is 3.30. The molecule has 0 bridgehead atoms. The van der Waals surface area contributed by atoms with Crippen LogP contribution in [0, 0.1) is 0 Å². The molecule has 0 unspecified atom stereocenters. The molecule has 2 aromatic rings. The fraction of sp³-hybridized carbons (Fsp3) is 0.480. The summed E-state index contributed by atoms with van der Waals surface area (Å²) in [4.78, 5) is 19.5. The molecule has 0 N–H and O–H groups in total. The highest BCUT2D eigenvalue weighted by atomic mass is 32.2. The van der Waals surface area contributed by atoms with Gasteiger partial charge in [0.1, 0.15) is 0 Å². The van der Waals surface area contributed by atoms with E-state index in [0.717, 1.165) is 47.5 Å². The molecular formula is C25H33NO4S. The van der Waals surface area contributed by atoms with Crippen molar-refractivity contribution in [3.8, 4) is 11.5 Å². The first-order chi connectivity index (χ1) is 15.0. The van der Waals surface area contributed by atoms with Gasteiger partial charge in [0.25, 0.3) is 0 Å². The quantitative estimate of drug-likeness (QED) is 0.497. The predicted molar refractivity (Wildman–Crippen MR) is 125 cm³/mol. The van der Waals surface area contributed by atoms with E-state index in [1.807, 2.05) is 35.4 Å². The third kappa shape index (κ3) is 4.85. The van der Waals surface area contributed by atoms with Gasteiger partial charge >= 0.3 is 5.97 Å². The lowest BCUT2D eigenvalue weighted by Gasteiger charge is -2.44. The van der Waals surface area contributed by atoms with E-state index in [2.05, 4.69) is 26.0 Å². The first-order valence-corrected chi connectivity index (χ1v) is 11.9. The van der Waals surface area contributed by atoms with E-state index >= 15 is 0 Å². The normalized spacial score (nSPS) is 21.1. The molecule has 0 amide bonds. The van der Waals surface area contributed by atoms with Crippen molar-refractivity contribution in [2.24, 2.45) is 0 Å². The van der Waals surface area contributed by atoms with E-state index in [1.165, 1.54) is 6.92 Å². The first kappa shape index (κ1) is 23.5. The van der Waals surface area contributed by atoms with Gasteiger partial charge in [-0.2, -0.15) is 0 Å². The molecule has 5 nitrogen and oxygen atoms in total. The van der Waals surface area contributed by atoms with Crippen LogP contribution >= 0.6 is 11.8 Å². The average Bonchev–Trinajstić information content (AvgIpc) is 2.91. The van der Waals surface area contributed by atoms with Crippen LogP contribution in [0.4, 0.5) is 0 Å². The molecule has 2 atom stereocenters. The number of carbonyl (C=O) groups is 1. The number of rotatable bonds is 8. The van der Waals surface area contributed by atoms with Crippen LogP contribution in [0.25, 0.3) is 0 Å². The molecule has 31 heavy (non-hydrogen) atoms. The molecule has 6 heteroatoms. The number of ether oxygens (including phenoxy) is 2. The van der Waals surface area contributed by atoms with E-state index in [4.69, 9.17) is 14.3 Å². The summed E-state index contributed by atoms with van der Waals surface area (Å²) in [6.07, 6.45) is 3.98. The van der Waals surface area contributed by atoms with Gasteiger partial charge in [-0.05, 0) is 36.1 Å². The van der Waals surface area contributed by atoms with Gasteiger partial charge < -0.3 is 14.3 Å². The Kier molecular flexibility index (Phi) is 7.89. The second kappa shape index (κ2) is 10.4. The number of unbranched alkanes of at least 4 members (excludes halogenated alkanes) is 1. The Labute approximate surface area is 190 Å². The Morgan fingerprint density at radius 2 is 1.81 bits per heavy atom. The van der Waals surface area contributed by atoms with Crippen LogP contribution in [0.15, 0.2) is 47.4 Å². The molecule has 0 aliphatic carbocycles. The van der Waals surface area contributed by atoms with E-state index in [9.17, 15) is 4.79 Å². The van der Waals surface area contributed by atoms with Crippen LogP contribution in [-0.4, -0.2) is 36.5 Å². The largest absolute Gasteiger partial charge is 0.493 e. The number of hydrogen-bond acceptors (Lipinski definition) is 6. The summed E-state index contributed by atoms with van der Waals surface area (Å²) < 4.78 is 11.2. The van der Waals surface area contributed by atoms with Crippen LogP contribution in [0.3, 0.4) is 0 Å². The molecule has 0 spiro atoms. The molecule has 0 fully saturated rings. The maximum atomic E-state index is 12.3. The van der Waals surface area contributed by atoms with E-state index < -0.39 is 0 Å². The van der Waals surface area contributed by atoms with Crippen molar-refractivity contribution in [1.29, 1.82) is 0 Å². The Morgan fingerprint density at radius 1 is 1.13 bits per heavy atom. The van der Waals surface area contributed by atoms with E-state index in [0.29, 0.717) is 11.5 Å². The van der Waals surface area contributed by atoms with Crippen LogP contribution in [0.1, 0.15) is 63.6 Å². The number of nitrogens with zero attached hydrogens (tertiary/aromatic N) is 1. The Hall–Kier alpha value is -2.18. The van der Waals surface area contributed by atoms with Crippen LogP contribution in [-0.2, 0) is 9.63 Å². The number of benzene rings is 2. The topological polar surface area (TPSA) is 48.0 Å². The zero-order chi connectivity index (χ0) is 22.4. The summed E-state index contributed by atoms with van der Waals surface area (Å²) in [5.74, 6) is 1.90. The summed E-state index contributed by atoms with van der Waals surface area (Å²) >= 11 is 1.80. The van der Waals surface area contributed by atoms with Crippen molar-refractivity contribution in [2.45, 2.75) is 62.9 Å². The molecule has 2 aromatic carbocycles. The number of hydrogen-bond donors (Lipinski definition) is 0. The summed E-state index contributed by atoms with van der Waals surface area (Å²) in [5.41, 5.74) is 1.85. The van der Waals surface area contributed by atoms with Gasteiger partial charge in [-0.1, -0.05) is 57.0 Å². The second-order valence-corrected chi connectivity index (χ2v) is 8.95. The minimum absolute atomic E-state index is 0.244. The van der Waals surface area contributed by atoms with Crippen molar-refractivity contribution in [1.82, 2.24) is 5.06 Å². The minimum Gasteiger partial charge on any atom is -0.493 e. The third-order valence-electron chi connectivity index (χ3n) is 6.00. The Morgan fingerprint density at radius 3 is 2.39 bits per heavy atom. The summed E-state index contributed by atoms with van der Waals surface area (Å²) in [5, 5.41) is 1.98. The van der Waals surface area contributed by atoms with Crippen LogP contribution < -0.4 is 9.47 Å². The molecule has 0 saturated heterocycles. The molecule has 0 saturated carbocycles. The maximum Gasteiger partial charge on any atom is 0.322 e. The molecular weight excluding hydrogens is 410 g/mol. The van der Waals surface area contributed by atoms with Gasteiger partial charge in [0.05, 0.1) is 25.8 Å². The van der Waals surface area contributed by atoms with Crippen molar-refractivity contribution in [3.63, 3.8) is 0 Å². The molecule has 1 aliphatic rings. The standard InChI is InChI=1S/C25H33NO4S/c1-6-8-14-25(7-2)17-31-23-16-22(29-5)21(28-4)15-20(23)24(26(25)30-18(3)27)19-12-10-9-11-13-19/h9-13,15-16,24H,6-8,14,17H2,1-5H3/t24-,25-/m0/s1. The summed E-state index contributed by atoms with van der Waals surface area (Å²) in [6, 6.07) is 14.1. The zero-order valence-electron chi connectivity index (χ0n) is 19.1. The number of carbonyl (C=O) groups excluding carboxylic acids is 1. The minimum atomic E-state index is -0.302. The van der Waals surface area contributed by atoms with Crippen molar-refractivity contribution >= 4 is 17.7 Å². The van der Waals surface area contributed by atoms with Gasteiger partial charge in [-0.25, -0.2) is 0 Å². The Bertz CT molecular complexity index is 889. The highest BCUT2D eigenvalue weighted by molar-refractivity contribution is 7.99. The average molecular weight is 444 g/mol. The fourth-order valence-corrected chi connectivity index (χ4v) is 5.68. The Balaban J connectivity index is 2.27. The van der Waals surface area contributed by atoms with E-state index in [-0.39, 0.29) is 17.6 Å². The number of fused-ring (bicyclic) bond motifs is 1. The monoisotopic (exact) mass is 443 g/mol. The van der Waals surface area contributed by atoms with E-state index in [1.54, 1.807) is 26.0 Å². The van der Waals surface area contributed by atoms with Crippen molar-refractivity contribution in [3.05, 3.63) is 53.6 Å². The van der Waals surface area contributed by atoms with Crippen LogP contribution in [0.5, 0.6) is 11.5 Å². The molecule has 1 aliphatic heterocycles. The molecule has 0 aromatic heterocycles. The number of hydroxylamine groups is 2. The highest BCUT2D eigenvalue weighted by Gasteiger charge is 2.46. The third-order valence-corrected chi connectivity index (χ3v) is 7.35. The molecule has 3 rings (SSSR count). The maximum absolute atomic E-state index is 12.3. The molecule has 1 heterocycles. The lowest BCUT2D eigenvalue weighted by atomic mass is 9.87. The van der Waals surface area contributed by atoms with Gasteiger partial charge in [0, 0.05) is 17.6 Å². The molecule has 168 valence electrons. The second-order valence-electron chi connectivity index (χ2n) is 7.94. The van der Waals surface area contributed by atoms with Gasteiger partial charge in [0.15, 0.2) is 11.5 Å². The van der Waals surface area contributed by atoms with Crippen LogP contribution in [0.2, 0.25) is 0 Å². The highest BCUT2D eigenvalue weighted by Crippen LogP contribution is 2.50. The van der Waals surface area contributed by atoms with Crippen molar-refractivity contribution in [2.75, 3.05) is 20.0 Å². The molecule has 0 radical (unpaired) electrons. The van der Waals surface area contributed by atoms with Gasteiger partial charge in [-0.3, -0.25) is 4.79 Å². The van der Waals surface area contributed by atoms with Gasteiger partial charge in [-0.15, -0.1) is 16.8 Å². The predicted octanol–water partition coefficient (Wildman–Crippen LogP) is 6.02. The number of methoxy groups -OCH3 is 2. The summed E-state index contributed by atoms with van der Waals surface area (Å²) in [6.45, 7) is 5.87. The lowest BCUT2D eigenvalue weighted by molar-refractivity contribution is -0.232. The lowest BCUT2D eigenvalue weighted by Crippen LogP contribution is -2.52. The fourth-order valence-electron chi connectivity index (χ4n) is 4.25. The van der Waals surface area contributed by atoms with Gasteiger partial charge in [0.2, 0.25) is 0 Å². The smallest absolute Gasteiger partial charge is 0.322 e. The zero-order valence-corrected chi connectivity index (χ0v) is 20.0. The SMILES string of the molecule is CCCC[C@@]1(CC)CSc2cc(OC)c(OC)cc2[C@H](c2ccccc2)N1OC(C)=O. The van der Waals surface area contributed by atoms with Crippen molar-refractivity contribution < 1.29 is 19.1 Å². The first-order valence-electron chi connectivity index (χ1n) is 10.9.